The third-order valence-electron chi connectivity index (χ3n) is 5.74. The van der Waals surface area contributed by atoms with E-state index in [0.717, 1.165) is 29.1 Å². The van der Waals surface area contributed by atoms with Crippen LogP contribution in [-0.4, -0.2) is 66.0 Å². The topological polar surface area (TPSA) is 87.5 Å². The van der Waals surface area contributed by atoms with Crippen LogP contribution in [0.25, 0.3) is 5.69 Å². The van der Waals surface area contributed by atoms with Gasteiger partial charge in [0, 0.05) is 25.7 Å². The summed E-state index contributed by atoms with van der Waals surface area (Å²) in [6, 6.07) is 14.5. The molecule has 1 fully saturated rings. The number of aryl methyl sites for hydroxylation is 2. The van der Waals surface area contributed by atoms with E-state index in [2.05, 4.69) is 10.4 Å². The SMILES string of the molecule is Cc1ccc(-n2nc(C)cc2NC(=O)CN2CCCN(S(=O)(=O)c3ccc(F)cc3)CC2)cc1. The summed E-state index contributed by atoms with van der Waals surface area (Å²) in [6.07, 6.45) is 0.591. The Kier molecular flexibility index (Phi) is 7.11. The Morgan fingerprint density at radius 3 is 2.41 bits per heavy atom. The van der Waals surface area contributed by atoms with E-state index in [-0.39, 0.29) is 23.9 Å². The lowest BCUT2D eigenvalue weighted by molar-refractivity contribution is -0.117. The predicted molar refractivity (Wildman–Crippen MR) is 128 cm³/mol. The minimum atomic E-state index is -3.71. The van der Waals surface area contributed by atoms with Crippen LogP contribution in [0.15, 0.2) is 59.5 Å². The molecule has 0 unspecified atom stereocenters. The van der Waals surface area contributed by atoms with Gasteiger partial charge >= 0.3 is 0 Å². The Morgan fingerprint density at radius 2 is 1.71 bits per heavy atom. The van der Waals surface area contributed by atoms with Crippen LogP contribution in [-0.2, 0) is 14.8 Å². The van der Waals surface area contributed by atoms with Crippen molar-refractivity contribution < 1.29 is 17.6 Å². The van der Waals surface area contributed by atoms with Gasteiger partial charge in [-0.2, -0.15) is 9.40 Å². The highest BCUT2D eigenvalue weighted by molar-refractivity contribution is 7.89. The van der Waals surface area contributed by atoms with Crippen molar-refractivity contribution in [2.45, 2.75) is 25.2 Å². The van der Waals surface area contributed by atoms with Gasteiger partial charge < -0.3 is 5.32 Å². The van der Waals surface area contributed by atoms with Crippen LogP contribution >= 0.6 is 0 Å². The first-order chi connectivity index (χ1) is 16.2. The highest BCUT2D eigenvalue weighted by Crippen LogP contribution is 2.20. The van der Waals surface area contributed by atoms with Crippen molar-refractivity contribution in [2.24, 2.45) is 0 Å². The molecule has 4 rings (SSSR count). The van der Waals surface area contributed by atoms with E-state index in [4.69, 9.17) is 0 Å². The fraction of sp³-hybridized carbons (Fsp3) is 0.333. The first-order valence-corrected chi connectivity index (χ1v) is 12.6. The number of aromatic nitrogens is 2. The van der Waals surface area contributed by atoms with E-state index in [1.807, 2.05) is 49.1 Å². The van der Waals surface area contributed by atoms with E-state index < -0.39 is 15.8 Å². The van der Waals surface area contributed by atoms with Crippen molar-refractivity contribution in [3.8, 4) is 5.69 Å². The molecular weight excluding hydrogens is 457 g/mol. The van der Waals surface area contributed by atoms with Gasteiger partial charge in [0.05, 0.1) is 22.8 Å². The second kappa shape index (κ2) is 10.0. The Bertz CT molecular complexity index is 1260. The second-order valence-electron chi connectivity index (χ2n) is 8.45. The molecule has 2 aromatic carbocycles. The molecule has 0 saturated carbocycles. The fourth-order valence-corrected chi connectivity index (χ4v) is 5.43. The van der Waals surface area contributed by atoms with Crippen LogP contribution in [0.3, 0.4) is 0 Å². The van der Waals surface area contributed by atoms with Crippen molar-refractivity contribution in [1.29, 1.82) is 0 Å². The molecule has 0 aliphatic carbocycles. The third kappa shape index (κ3) is 5.52. The molecule has 8 nitrogen and oxygen atoms in total. The highest BCUT2D eigenvalue weighted by Gasteiger charge is 2.27. The summed E-state index contributed by atoms with van der Waals surface area (Å²) in [5.41, 5.74) is 2.77. The zero-order chi connectivity index (χ0) is 24.3. The number of rotatable bonds is 6. The number of amides is 1. The molecule has 3 aromatic rings. The lowest BCUT2D eigenvalue weighted by atomic mass is 10.2. The Hall–Kier alpha value is -3.08. The standard InChI is InChI=1S/C24H28FN5O3S/c1-18-4-8-21(9-5-18)30-23(16-19(2)27-30)26-24(31)17-28-12-3-13-29(15-14-28)34(32,33)22-10-6-20(25)7-11-22/h4-11,16H,3,12-15,17H2,1-2H3,(H,26,31). The Balaban J connectivity index is 1.39. The summed E-state index contributed by atoms with van der Waals surface area (Å²) in [4.78, 5) is 14.8. The van der Waals surface area contributed by atoms with Crippen LogP contribution in [0.2, 0.25) is 0 Å². The van der Waals surface area contributed by atoms with Crippen LogP contribution in [0.4, 0.5) is 10.2 Å². The van der Waals surface area contributed by atoms with E-state index in [0.29, 0.717) is 31.9 Å². The number of anilines is 1. The lowest BCUT2D eigenvalue weighted by Crippen LogP contribution is -2.38. The number of sulfonamides is 1. The van der Waals surface area contributed by atoms with Crippen molar-refractivity contribution in [3.05, 3.63) is 71.7 Å². The minimum absolute atomic E-state index is 0.0693. The average Bonchev–Trinajstić information content (AvgIpc) is 3.00. The zero-order valence-electron chi connectivity index (χ0n) is 19.2. The number of carbonyl (C=O) groups is 1. The number of hydrogen-bond donors (Lipinski definition) is 1. The van der Waals surface area contributed by atoms with Crippen LogP contribution in [0.1, 0.15) is 17.7 Å². The third-order valence-corrected chi connectivity index (χ3v) is 7.66. The summed E-state index contributed by atoms with van der Waals surface area (Å²) in [7, 11) is -3.71. The number of hydrogen-bond acceptors (Lipinski definition) is 5. The largest absolute Gasteiger partial charge is 0.309 e. The molecule has 0 radical (unpaired) electrons. The number of nitrogens with one attached hydrogen (secondary N) is 1. The van der Waals surface area contributed by atoms with Crippen molar-refractivity contribution in [1.82, 2.24) is 19.0 Å². The van der Waals surface area contributed by atoms with Crippen LogP contribution in [0.5, 0.6) is 0 Å². The van der Waals surface area contributed by atoms with E-state index in [1.54, 1.807) is 4.68 Å². The molecular formula is C24H28FN5O3S. The van der Waals surface area contributed by atoms with Crippen LogP contribution in [0, 0.1) is 19.7 Å². The summed E-state index contributed by atoms with van der Waals surface area (Å²) in [5.74, 6) is -0.0873. The molecule has 1 saturated heterocycles. The van der Waals surface area contributed by atoms with Gasteiger partial charge in [-0.3, -0.25) is 9.69 Å². The second-order valence-corrected chi connectivity index (χ2v) is 10.4. The van der Waals surface area contributed by atoms with Gasteiger partial charge in [0.1, 0.15) is 11.6 Å². The first-order valence-electron chi connectivity index (χ1n) is 11.1. The Morgan fingerprint density at radius 1 is 1.00 bits per heavy atom. The number of nitrogens with zero attached hydrogens (tertiary/aromatic N) is 4. The molecule has 180 valence electrons. The number of benzene rings is 2. The van der Waals surface area contributed by atoms with Crippen LogP contribution < -0.4 is 5.32 Å². The zero-order valence-corrected chi connectivity index (χ0v) is 20.1. The summed E-state index contributed by atoms with van der Waals surface area (Å²) in [5, 5.41) is 7.43. The summed E-state index contributed by atoms with van der Waals surface area (Å²) in [6.45, 7) is 5.63. The fourth-order valence-electron chi connectivity index (χ4n) is 3.96. The molecule has 34 heavy (non-hydrogen) atoms. The van der Waals surface area contributed by atoms with Gasteiger partial charge in [0.15, 0.2) is 0 Å². The number of halogens is 1. The van der Waals surface area contributed by atoms with E-state index in [1.165, 1.54) is 16.4 Å². The maximum atomic E-state index is 13.2. The summed E-state index contributed by atoms with van der Waals surface area (Å²) >= 11 is 0. The molecule has 0 spiro atoms. The molecule has 1 aliphatic rings. The molecule has 2 heterocycles. The van der Waals surface area contributed by atoms with Gasteiger partial charge in [0.25, 0.3) is 0 Å². The normalized spacial score (nSPS) is 15.7. The van der Waals surface area contributed by atoms with Gasteiger partial charge in [-0.15, -0.1) is 0 Å². The molecule has 10 heteroatoms. The molecule has 0 atom stereocenters. The van der Waals surface area contributed by atoms with Gasteiger partial charge in [0.2, 0.25) is 15.9 Å². The highest BCUT2D eigenvalue weighted by atomic mass is 32.2. The first kappa shape index (κ1) is 24.1. The Labute approximate surface area is 199 Å². The molecule has 1 aliphatic heterocycles. The molecule has 0 bridgehead atoms. The maximum Gasteiger partial charge on any atom is 0.243 e. The van der Waals surface area contributed by atoms with E-state index in [9.17, 15) is 17.6 Å². The van der Waals surface area contributed by atoms with Crippen molar-refractivity contribution in [3.63, 3.8) is 0 Å². The predicted octanol–water partition coefficient (Wildman–Crippen LogP) is 2.96. The summed E-state index contributed by atoms with van der Waals surface area (Å²) < 4.78 is 42.1. The molecule has 1 N–H and O–H groups in total. The molecule has 1 aromatic heterocycles. The monoisotopic (exact) mass is 485 g/mol. The number of carbonyl (C=O) groups excluding carboxylic acids is 1. The minimum Gasteiger partial charge on any atom is -0.309 e. The quantitative estimate of drug-likeness (QED) is 0.580. The average molecular weight is 486 g/mol. The van der Waals surface area contributed by atoms with Crippen molar-refractivity contribution >= 4 is 21.7 Å². The van der Waals surface area contributed by atoms with Gasteiger partial charge in [-0.25, -0.2) is 17.5 Å². The van der Waals surface area contributed by atoms with Crippen molar-refractivity contribution in [2.75, 3.05) is 38.0 Å². The lowest BCUT2D eigenvalue weighted by Gasteiger charge is -2.21. The maximum absolute atomic E-state index is 13.2. The van der Waals surface area contributed by atoms with E-state index >= 15 is 0 Å². The van der Waals surface area contributed by atoms with Gasteiger partial charge in [-0.05, 0) is 63.2 Å². The molecule has 1 amide bonds. The smallest absolute Gasteiger partial charge is 0.243 e. The van der Waals surface area contributed by atoms with Gasteiger partial charge in [-0.1, -0.05) is 17.7 Å².